The zero-order valence-electron chi connectivity index (χ0n) is 19.2. The van der Waals surface area contributed by atoms with E-state index < -0.39 is 0 Å². The van der Waals surface area contributed by atoms with Crippen LogP contribution in [0, 0.1) is 0 Å². The van der Waals surface area contributed by atoms with Crippen molar-refractivity contribution in [3.8, 4) is 0 Å². The second-order valence-electron chi connectivity index (χ2n) is 9.32. The normalized spacial score (nSPS) is 18.8. The zero-order valence-corrected chi connectivity index (χ0v) is 19.2. The van der Waals surface area contributed by atoms with E-state index in [0.717, 1.165) is 32.0 Å². The van der Waals surface area contributed by atoms with E-state index in [1.165, 1.54) is 42.6 Å². The molecule has 2 heterocycles. The molecule has 1 saturated carbocycles. The minimum atomic E-state index is 0.153. The highest BCUT2D eigenvalue weighted by Gasteiger charge is 2.36. The highest BCUT2D eigenvalue weighted by Crippen LogP contribution is 2.31. The summed E-state index contributed by atoms with van der Waals surface area (Å²) >= 11 is 0. The summed E-state index contributed by atoms with van der Waals surface area (Å²) in [5, 5.41) is 13.2. The summed E-state index contributed by atoms with van der Waals surface area (Å²) in [6.45, 7) is 4.20. The molecule has 1 aromatic heterocycles. The van der Waals surface area contributed by atoms with Gasteiger partial charge in [0, 0.05) is 31.0 Å². The molecule has 0 bridgehead atoms. The van der Waals surface area contributed by atoms with Crippen LogP contribution in [0.3, 0.4) is 0 Å². The Morgan fingerprint density at radius 1 is 0.938 bits per heavy atom. The molecule has 1 atom stereocenters. The van der Waals surface area contributed by atoms with Gasteiger partial charge in [-0.05, 0) is 47.5 Å². The van der Waals surface area contributed by atoms with Crippen LogP contribution in [-0.4, -0.2) is 60.5 Å². The van der Waals surface area contributed by atoms with Crippen molar-refractivity contribution in [3.05, 3.63) is 66.0 Å². The number of nitrogens with one attached hydrogen (secondary N) is 1. The second kappa shape index (κ2) is 9.28. The summed E-state index contributed by atoms with van der Waals surface area (Å²) in [6, 6.07) is 20.3. The summed E-state index contributed by atoms with van der Waals surface area (Å²) in [4.78, 5) is 6.19. The maximum Gasteiger partial charge on any atom is 0.214 e. The van der Waals surface area contributed by atoms with E-state index >= 15 is 0 Å². The third-order valence-electron chi connectivity index (χ3n) is 7.13. The molecule has 2 aromatic carbocycles. The van der Waals surface area contributed by atoms with Gasteiger partial charge in [-0.1, -0.05) is 43.2 Å². The maximum absolute atomic E-state index is 4.60. The second-order valence-corrected chi connectivity index (χ2v) is 9.32. The molecule has 0 spiro atoms. The standard InChI is InChI=1S/C25H33N7/c1-29(2)21-14-12-20(13-15-21)24(25-26-27-28-32(25)23-10-6-7-11-23)31-18-16-30(17-19-31)22-8-4-3-5-9-22/h3-5,8-9,12-15,23-24H,6-7,10-11,16-19H2,1-2H3/p+1/t24-/m1/s1. The van der Waals surface area contributed by atoms with E-state index in [2.05, 4.69) is 98.7 Å². The van der Waals surface area contributed by atoms with Crippen molar-refractivity contribution in [2.24, 2.45) is 0 Å². The molecule has 7 heteroatoms. The van der Waals surface area contributed by atoms with Gasteiger partial charge in [0.1, 0.15) is 0 Å². The first-order valence-corrected chi connectivity index (χ1v) is 11.9. The average Bonchev–Trinajstić information content (AvgIpc) is 3.53. The Morgan fingerprint density at radius 3 is 2.28 bits per heavy atom. The molecule has 0 amide bonds. The Labute approximate surface area is 190 Å². The molecule has 3 aromatic rings. The molecule has 2 aliphatic rings. The van der Waals surface area contributed by atoms with Gasteiger partial charge in [0.15, 0.2) is 6.04 Å². The van der Waals surface area contributed by atoms with Crippen LogP contribution < -0.4 is 14.7 Å². The van der Waals surface area contributed by atoms with Gasteiger partial charge in [0.25, 0.3) is 0 Å². The molecule has 1 N–H and O–H groups in total. The highest BCUT2D eigenvalue weighted by atomic mass is 15.6. The Kier molecular flexibility index (Phi) is 6.08. The van der Waals surface area contributed by atoms with Crippen LogP contribution in [-0.2, 0) is 0 Å². The van der Waals surface area contributed by atoms with Gasteiger partial charge in [0.2, 0.25) is 5.82 Å². The number of para-hydroxylation sites is 1. The molecular formula is C25H34N7+. The van der Waals surface area contributed by atoms with E-state index in [9.17, 15) is 0 Å². The lowest BCUT2D eigenvalue weighted by atomic mass is 10.0. The van der Waals surface area contributed by atoms with Gasteiger partial charge in [-0.3, -0.25) is 0 Å². The molecule has 1 aliphatic heterocycles. The van der Waals surface area contributed by atoms with Crippen molar-refractivity contribution >= 4 is 11.4 Å². The van der Waals surface area contributed by atoms with Gasteiger partial charge in [-0.15, -0.1) is 5.10 Å². The molecule has 32 heavy (non-hydrogen) atoms. The number of tetrazole rings is 1. The van der Waals surface area contributed by atoms with Crippen molar-refractivity contribution in [1.29, 1.82) is 0 Å². The molecule has 2 fully saturated rings. The lowest BCUT2D eigenvalue weighted by Gasteiger charge is -2.37. The van der Waals surface area contributed by atoms with Gasteiger partial charge < -0.3 is 14.7 Å². The topological polar surface area (TPSA) is 54.5 Å². The van der Waals surface area contributed by atoms with E-state index in [-0.39, 0.29) is 6.04 Å². The number of hydrogen-bond acceptors (Lipinski definition) is 5. The molecule has 7 nitrogen and oxygen atoms in total. The maximum atomic E-state index is 4.60. The fourth-order valence-corrected chi connectivity index (χ4v) is 5.31. The van der Waals surface area contributed by atoms with Crippen molar-refractivity contribution in [1.82, 2.24) is 20.2 Å². The molecule has 0 unspecified atom stereocenters. The van der Waals surface area contributed by atoms with E-state index in [4.69, 9.17) is 0 Å². The minimum Gasteiger partial charge on any atom is -0.378 e. The summed E-state index contributed by atoms with van der Waals surface area (Å²) in [5.41, 5.74) is 3.83. The summed E-state index contributed by atoms with van der Waals surface area (Å²) < 4.78 is 2.15. The third-order valence-corrected chi connectivity index (χ3v) is 7.13. The summed E-state index contributed by atoms with van der Waals surface area (Å²) in [5.74, 6) is 1.03. The summed E-state index contributed by atoms with van der Waals surface area (Å²) in [6.07, 6.45) is 4.91. The number of piperazine rings is 1. The monoisotopic (exact) mass is 432 g/mol. The Bertz CT molecular complexity index is 985. The van der Waals surface area contributed by atoms with Crippen molar-refractivity contribution in [2.75, 3.05) is 50.1 Å². The van der Waals surface area contributed by atoms with E-state index in [0.29, 0.717) is 6.04 Å². The van der Waals surface area contributed by atoms with Crippen molar-refractivity contribution < 1.29 is 4.90 Å². The molecule has 0 radical (unpaired) electrons. The van der Waals surface area contributed by atoms with E-state index in [1.54, 1.807) is 4.90 Å². The van der Waals surface area contributed by atoms with Crippen LogP contribution in [0.5, 0.6) is 0 Å². The van der Waals surface area contributed by atoms with Gasteiger partial charge >= 0.3 is 0 Å². The average molecular weight is 433 g/mol. The number of quaternary nitrogens is 1. The largest absolute Gasteiger partial charge is 0.378 e. The lowest BCUT2D eigenvalue weighted by Crippen LogP contribution is -3.15. The van der Waals surface area contributed by atoms with Gasteiger partial charge in [-0.25, -0.2) is 4.68 Å². The lowest BCUT2D eigenvalue weighted by molar-refractivity contribution is -0.927. The van der Waals surface area contributed by atoms with Crippen LogP contribution >= 0.6 is 0 Å². The van der Waals surface area contributed by atoms with E-state index in [1.807, 2.05) is 0 Å². The van der Waals surface area contributed by atoms with Crippen LogP contribution in [0.15, 0.2) is 54.6 Å². The SMILES string of the molecule is CN(C)c1ccc([C@H](c2nnnn2C2CCCC2)[NH+]2CCN(c3ccccc3)CC2)cc1. The molecule has 1 saturated heterocycles. The van der Waals surface area contributed by atoms with Crippen molar-refractivity contribution in [2.45, 2.75) is 37.8 Å². The van der Waals surface area contributed by atoms with Gasteiger partial charge in [0.05, 0.1) is 32.2 Å². The number of nitrogens with zero attached hydrogens (tertiary/aromatic N) is 6. The number of anilines is 2. The smallest absolute Gasteiger partial charge is 0.214 e. The predicted molar refractivity (Wildman–Crippen MR) is 127 cm³/mol. The Balaban J connectivity index is 1.44. The number of rotatable bonds is 6. The first-order chi connectivity index (χ1) is 15.7. The number of benzene rings is 2. The Morgan fingerprint density at radius 2 is 1.62 bits per heavy atom. The zero-order chi connectivity index (χ0) is 21.9. The predicted octanol–water partition coefficient (Wildman–Crippen LogP) is 2.35. The first-order valence-electron chi connectivity index (χ1n) is 11.9. The van der Waals surface area contributed by atoms with Crippen LogP contribution in [0.1, 0.15) is 49.2 Å². The van der Waals surface area contributed by atoms with Gasteiger partial charge in [-0.2, -0.15) is 0 Å². The Hall–Kier alpha value is -2.93. The molecule has 1 aliphatic carbocycles. The quantitative estimate of drug-likeness (QED) is 0.648. The fraction of sp³-hybridized carbons (Fsp3) is 0.480. The van der Waals surface area contributed by atoms with Crippen LogP contribution in [0.4, 0.5) is 11.4 Å². The number of aromatic nitrogens is 4. The highest BCUT2D eigenvalue weighted by molar-refractivity contribution is 5.47. The third kappa shape index (κ3) is 4.21. The molecule has 5 rings (SSSR count). The molecule has 168 valence electrons. The first kappa shape index (κ1) is 20.9. The minimum absolute atomic E-state index is 0.153. The molecular weight excluding hydrogens is 398 g/mol. The summed E-state index contributed by atoms with van der Waals surface area (Å²) in [7, 11) is 4.17. The number of hydrogen-bond donors (Lipinski definition) is 1. The van der Waals surface area contributed by atoms with Crippen molar-refractivity contribution in [3.63, 3.8) is 0 Å². The fourth-order valence-electron chi connectivity index (χ4n) is 5.31. The van der Waals surface area contributed by atoms with Crippen LogP contribution in [0.2, 0.25) is 0 Å². The van der Waals surface area contributed by atoms with Crippen LogP contribution in [0.25, 0.3) is 0 Å².